The third-order valence-electron chi connectivity index (χ3n) is 7.34. The van der Waals surface area contributed by atoms with Gasteiger partial charge >= 0.3 is 6.36 Å². The zero-order chi connectivity index (χ0) is 30.7. The molecule has 10 nitrogen and oxygen atoms in total. The number of carbonyl (C=O) groups excluding carboxylic acids is 1. The maximum absolute atomic E-state index is 13.2. The number of carbonyl (C=O) groups is 1. The van der Waals surface area contributed by atoms with E-state index >= 15 is 0 Å². The number of benzene rings is 2. The van der Waals surface area contributed by atoms with Gasteiger partial charge in [0.1, 0.15) is 22.9 Å². The number of halogens is 3. The summed E-state index contributed by atoms with van der Waals surface area (Å²) in [6, 6.07) is 8.86. The van der Waals surface area contributed by atoms with Gasteiger partial charge in [-0.15, -0.1) is 13.2 Å². The summed E-state index contributed by atoms with van der Waals surface area (Å²) in [5, 5.41) is 21.1. The number of aliphatic imine (C=N–C) groups is 1. The van der Waals surface area contributed by atoms with Gasteiger partial charge in [0, 0.05) is 25.1 Å². The van der Waals surface area contributed by atoms with Gasteiger partial charge in [-0.2, -0.15) is 0 Å². The second-order valence-corrected chi connectivity index (χ2v) is 12.6. The van der Waals surface area contributed by atoms with Gasteiger partial charge in [-0.05, 0) is 61.9 Å². The second kappa shape index (κ2) is 12.6. The van der Waals surface area contributed by atoms with E-state index in [1.807, 2.05) is 26.0 Å². The van der Waals surface area contributed by atoms with Crippen LogP contribution in [-0.4, -0.2) is 84.7 Å². The zero-order valence-electron chi connectivity index (χ0n) is 23.3. The van der Waals surface area contributed by atoms with Crippen LogP contribution >= 0.6 is 0 Å². The van der Waals surface area contributed by atoms with Crippen molar-refractivity contribution < 1.29 is 46.1 Å². The molecule has 2 aromatic rings. The fourth-order valence-corrected chi connectivity index (χ4v) is 6.63. The number of aliphatic hydroxyl groups excluding tert-OH is 2. The topological polar surface area (TPSA) is 138 Å². The quantitative estimate of drug-likeness (QED) is 0.354. The highest BCUT2D eigenvalue weighted by atomic mass is 32.2. The molecule has 1 spiro atoms. The Morgan fingerprint density at radius 3 is 2.43 bits per heavy atom. The average Bonchev–Trinajstić information content (AvgIpc) is 3.23. The maximum atomic E-state index is 13.2. The number of amides is 1. The first-order valence-corrected chi connectivity index (χ1v) is 15.1. The molecular weight excluding hydrogens is 579 g/mol. The highest BCUT2D eigenvalue weighted by Gasteiger charge is 2.47. The minimum atomic E-state index is -4.86. The maximum Gasteiger partial charge on any atom is 0.573 e. The van der Waals surface area contributed by atoms with Crippen molar-refractivity contribution in [1.29, 1.82) is 0 Å². The molecule has 3 N–H and O–H groups in total. The highest BCUT2D eigenvalue weighted by Crippen LogP contribution is 2.33. The van der Waals surface area contributed by atoms with E-state index in [1.54, 1.807) is 0 Å². The number of nitrogens with zero attached hydrogens (tertiary/aromatic N) is 2. The van der Waals surface area contributed by atoms with Crippen molar-refractivity contribution in [1.82, 2.24) is 9.62 Å². The van der Waals surface area contributed by atoms with Crippen LogP contribution in [-0.2, 0) is 21.2 Å². The molecule has 4 rings (SSSR count). The molecule has 1 atom stereocenters. The molecule has 2 aliphatic rings. The molecule has 2 heterocycles. The average molecular weight is 614 g/mol. The molecule has 1 amide bonds. The Hall–Kier alpha value is -3.20. The number of ether oxygens (including phenoxy) is 2. The van der Waals surface area contributed by atoms with E-state index in [-0.39, 0.29) is 69.1 Å². The molecule has 0 saturated carbocycles. The summed E-state index contributed by atoms with van der Waals surface area (Å²) < 4.78 is 75.2. The number of sulfonamides is 1. The normalized spacial score (nSPS) is 18.1. The first-order chi connectivity index (χ1) is 19.7. The number of aryl methyl sites for hydroxylation is 3. The van der Waals surface area contributed by atoms with Crippen LogP contribution in [0.2, 0.25) is 0 Å². The fraction of sp³-hybridized carbons (Fsp3) is 0.500. The van der Waals surface area contributed by atoms with Crippen LogP contribution in [0.4, 0.5) is 13.2 Å². The van der Waals surface area contributed by atoms with E-state index in [9.17, 15) is 31.5 Å². The van der Waals surface area contributed by atoms with Gasteiger partial charge in [-0.25, -0.2) is 12.7 Å². The van der Waals surface area contributed by atoms with Crippen LogP contribution in [0.25, 0.3) is 0 Å². The molecule has 1 saturated heterocycles. The number of hydrogen-bond acceptors (Lipinski definition) is 8. The van der Waals surface area contributed by atoms with Gasteiger partial charge in [-0.3, -0.25) is 9.79 Å². The molecule has 14 heteroatoms. The lowest BCUT2D eigenvalue weighted by atomic mass is 9.89. The molecule has 0 aromatic heterocycles. The molecular formula is C28H34F3N3O7S. The van der Waals surface area contributed by atoms with Crippen molar-refractivity contribution >= 4 is 21.8 Å². The minimum absolute atomic E-state index is 0.0777. The second-order valence-electron chi connectivity index (χ2n) is 10.5. The molecule has 42 heavy (non-hydrogen) atoms. The standard InChI is InChI=1S/C28H34F3N3O7S/c1-18-14-20(15-19(2)24(18)40-12-6-22(36)17-35)7-13-42(38,39)34-10-8-27(9-11-34)26(37)32-25(33-27)21-4-3-5-23(16-21)41-28(29,30)31/h3-5,14-16,22,35-36H,6-13,17H2,1-2H3,(H,32,33,37). The van der Waals surface area contributed by atoms with E-state index in [0.29, 0.717) is 5.75 Å². The predicted octanol–water partition coefficient (Wildman–Crippen LogP) is 2.61. The monoisotopic (exact) mass is 613 g/mol. The molecule has 0 radical (unpaired) electrons. The van der Waals surface area contributed by atoms with Crippen LogP contribution in [0.3, 0.4) is 0 Å². The van der Waals surface area contributed by atoms with Gasteiger partial charge in [0.15, 0.2) is 0 Å². The Labute approximate surface area is 242 Å². The molecule has 1 fully saturated rings. The van der Waals surface area contributed by atoms with E-state index in [4.69, 9.17) is 9.84 Å². The Kier molecular flexibility index (Phi) is 9.50. The zero-order valence-corrected chi connectivity index (χ0v) is 24.1. The first-order valence-electron chi connectivity index (χ1n) is 13.5. The Morgan fingerprint density at radius 1 is 1.14 bits per heavy atom. The van der Waals surface area contributed by atoms with Crippen molar-refractivity contribution in [3.63, 3.8) is 0 Å². The van der Waals surface area contributed by atoms with Crippen LogP contribution in [0.1, 0.15) is 41.5 Å². The molecule has 230 valence electrons. The van der Waals surface area contributed by atoms with Crippen molar-refractivity contribution in [3.8, 4) is 11.5 Å². The van der Waals surface area contributed by atoms with Crippen LogP contribution in [0, 0.1) is 13.8 Å². The summed E-state index contributed by atoms with van der Waals surface area (Å²) in [6.07, 6.45) is -4.89. The van der Waals surface area contributed by atoms with Crippen molar-refractivity contribution in [2.45, 2.75) is 57.5 Å². The number of hydrogen-bond donors (Lipinski definition) is 3. The smallest absolute Gasteiger partial charge is 0.493 e. The third kappa shape index (κ3) is 7.60. The largest absolute Gasteiger partial charge is 0.573 e. The molecule has 2 aromatic carbocycles. The lowest BCUT2D eigenvalue weighted by molar-refractivity contribution is -0.274. The lowest BCUT2D eigenvalue weighted by Crippen LogP contribution is -2.50. The summed E-state index contributed by atoms with van der Waals surface area (Å²) in [7, 11) is -3.65. The Bertz CT molecular complexity index is 1420. The van der Waals surface area contributed by atoms with Crippen LogP contribution in [0.5, 0.6) is 11.5 Å². The SMILES string of the molecule is Cc1cc(CCS(=O)(=O)N2CCC3(CC2)N=C(c2cccc(OC(F)(F)F)c2)NC3=O)cc(C)c1OCCC(O)CO. The summed E-state index contributed by atoms with van der Waals surface area (Å²) in [5.74, 6) is -0.219. The minimum Gasteiger partial charge on any atom is -0.493 e. The summed E-state index contributed by atoms with van der Waals surface area (Å²) in [6.45, 7) is 3.76. The van der Waals surface area contributed by atoms with Gasteiger partial charge < -0.3 is 25.0 Å². The van der Waals surface area contributed by atoms with Crippen LogP contribution < -0.4 is 14.8 Å². The van der Waals surface area contributed by atoms with Crippen LogP contribution in [0.15, 0.2) is 41.4 Å². The summed E-state index contributed by atoms with van der Waals surface area (Å²) in [4.78, 5) is 17.4. The number of alkyl halides is 3. The Balaban J connectivity index is 1.36. The van der Waals surface area contributed by atoms with Crippen molar-refractivity contribution in [3.05, 3.63) is 58.7 Å². The van der Waals surface area contributed by atoms with Gasteiger partial charge in [0.2, 0.25) is 10.0 Å². The number of aliphatic hydroxyl groups is 2. The fourth-order valence-electron chi connectivity index (χ4n) is 5.14. The molecule has 2 aliphatic heterocycles. The predicted molar refractivity (Wildman–Crippen MR) is 148 cm³/mol. The van der Waals surface area contributed by atoms with E-state index in [0.717, 1.165) is 28.8 Å². The van der Waals surface area contributed by atoms with Gasteiger partial charge in [-0.1, -0.05) is 24.3 Å². The van der Waals surface area contributed by atoms with E-state index in [2.05, 4.69) is 15.0 Å². The molecule has 0 bridgehead atoms. The van der Waals surface area contributed by atoms with Crippen molar-refractivity contribution in [2.75, 3.05) is 32.1 Å². The summed E-state index contributed by atoms with van der Waals surface area (Å²) in [5.41, 5.74) is 1.54. The first kappa shape index (κ1) is 31.7. The lowest BCUT2D eigenvalue weighted by Gasteiger charge is -2.34. The van der Waals surface area contributed by atoms with E-state index < -0.39 is 39.7 Å². The number of amidine groups is 1. The number of rotatable bonds is 11. The summed E-state index contributed by atoms with van der Waals surface area (Å²) >= 11 is 0. The van der Waals surface area contributed by atoms with Crippen molar-refractivity contribution in [2.24, 2.45) is 4.99 Å². The van der Waals surface area contributed by atoms with E-state index in [1.165, 1.54) is 16.4 Å². The molecule has 1 unspecified atom stereocenters. The van der Waals surface area contributed by atoms with Gasteiger partial charge in [0.05, 0.1) is 25.1 Å². The third-order valence-corrected chi connectivity index (χ3v) is 9.21. The Morgan fingerprint density at radius 2 is 1.81 bits per heavy atom. The molecule has 0 aliphatic carbocycles. The number of piperidine rings is 1. The van der Waals surface area contributed by atoms with Gasteiger partial charge in [0.25, 0.3) is 5.91 Å². The highest BCUT2D eigenvalue weighted by molar-refractivity contribution is 7.89. The number of nitrogens with one attached hydrogen (secondary N) is 1.